The molecule has 0 spiro atoms. The van der Waals surface area contributed by atoms with E-state index >= 15 is 0 Å². The molecule has 0 aliphatic rings. The first kappa shape index (κ1) is 16.0. The van der Waals surface area contributed by atoms with Crippen LogP contribution in [0.25, 0.3) is 0 Å². The molecule has 0 atom stereocenters. The number of hydrogen-bond donors (Lipinski definition) is 2. The van der Waals surface area contributed by atoms with Crippen molar-refractivity contribution in [3.63, 3.8) is 0 Å². The molecule has 0 bridgehead atoms. The standard InChI is InChI=1S/HO3P.H2O.Zn/c1-4(2)3;;/h(H-,1,2,3);1H2;/p+1. The molecule has 0 aliphatic heterocycles. The van der Waals surface area contributed by atoms with Crippen LogP contribution in [-0.4, -0.2) is 15.3 Å². The van der Waals surface area contributed by atoms with Crippen LogP contribution in [0.4, 0.5) is 0 Å². The fourth-order valence-electron chi connectivity index (χ4n) is 0. The third kappa shape index (κ3) is 164. The van der Waals surface area contributed by atoms with Crippen LogP contribution in [0.15, 0.2) is 0 Å². The van der Waals surface area contributed by atoms with Gasteiger partial charge < -0.3 is 5.48 Å². The van der Waals surface area contributed by atoms with Crippen LogP contribution in [0.1, 0.15) is 0 Å². The Balaban J connectivity index is -0.0000000450. The van der Waals surface area contributed by atoms with Crippen LogP contribution in [0.3, 0.4) is 0 Å². The average molecular weight is 164 g/mol. The van der Waals surface area contributed by atoms with Gasteiger partial charge in [0.2, 0.25) is 0 Å². The maximum atomic E-state index is 8.70. The Morgan fingerprint density at radius 3 is 1.33 bits per heavy atom. The Hall–Kier alpha value is 0.603. The molecule has 0 heterocycles. The van der Waals surface area contributed by atoms with E-state index in [9.17, 15) is 0 Å². The van der Waals surface area contributed by atoms with Crippen LogP contribution < -0.4 is 0 Å². The van der Waals surface area contributed by atoms with E-state index in [0.29, 0.717) is 0 Å². The molecule has 0 rings (SSSR count). The summed E-state index contributed by atoms with van der Waals surface area (Å²) < 4.78 is 8.70. The SMILES string of the molecule is O.O=[P+](O)O.[Zn]. The summed E-state index contributed by atoms with van der Waals surface area (Å²) in [7, 11) is -2.87. The quantitative estimate of drug-likeness (QED) is 0.348. The molecule has 0 saturated carbocycles. The van der Waals surface area contributed by atoms with E-state index in [0.717, 1.165) is 0 Å². The van der Waals surface area contributed by atoms with E-state index in [-0.39, 0.29) is 25.0 Å². The summed E-state index contributed by atoms with van der Waals surface area (Å²) >= 11 is 0. The third-order valence-corrected chi connectivity index (χ3v) is 0. The minimum Gasteiger partial charge on any atom is -0.412 e. The molecule has 6 heavy (non-hydrogen) atoms. The van der Waals surface area contributed by atoms with E-state index in [4.69, 9.17) is 14.4 Å². The normalized spacial score (nSPS) is 4.33. The average Bonchev–Trinajstić information content (AvgIpc) is 0.811. The largest absolute Gasteiger partial charge is 0.692 e. The van der Waals surface area contributed by atoms with Gasteiger partial charge >= 0.3 is 8.25 Å². The zero-order valence-corrected chi connectivity index (χ0v) is 6.82. The Morgan fingerprint density at radius 2 is 1.33 bits per heavy atom. The van der Waals surface area contributed by atoms with Gasteiger partial charge in [0.15, 0.2) is 0 Å². The first-order valence-electron chi connectivity index (χ1n) is 0.583. The van der Waals surface area contributed by atoms with Crippen molar-refractivity contribution >= 4 is 8.25 Å². The molecule has 0 unspecified atom stereocenters. The predicted molar refractivity (Wildman–Crippen MR) is 15.7 cm³/mol. The van der Waals surface area contributed by atoms with E-state index in [2.05, 4.69) is 0 Å². The molecule has 0 radical (unpaired) electrons. The van der Waals surface area contributed by atoms with Gasteiger partial charge in [-0.15, -0.1) is 9.79 Å². The van der Waals surface area contributed by atoms with Crippen molar-refractivity contribution in [2.75, 3.05) is 0 Å². The second kappa shape index (κ2) is 9.14. The van der Waals surface area contributed by atoms with Gasteiger partial charge in [0.25, 0.3) is 0 Å². The van der Waals surface area contributed by atoms with Gasteiger partial charge in [-0.05, 0) is 0 Å². The summed E-state index contributed by atoms with van der Waals surface area (Å²) in [5, 5.41) is 0. The molecule has 6 heteroatoms. The smallest absolute Gasteiger partial charge is 0.412 e. The van der Waals surface area contributed by atoms with E-state index in [1.54, 1.807) is 0 Å². The molecule has 0 aromatic heterocycles. The first-order chi connectivity index (χ1) is 1.73. The Bertz CT molecular complexity index is 30.5. The molecular weight excluding hydrogens is 160 g/mol. The number of hydrogen-bond acceptors (Lipinski definition) is 1. The van der Waals surface area contributed by atoms with Gasteiger partial charge in [0, 0.05) is 24.0 Å². The fraction of sp³-hybridized carbons (Fsp3) is 0. The van der Waals surface area contributed by atoms with Crippen molar-refractivity contribution in [2.45, 2.75) is 0 Å². The second-order valence-corrected chi connectivity index (χ2v) is 0.758. The summed E-state index contributed by atoms with van der Waals surface area (Å²) in [5.74, 6) is 0. The van der Waals surface area contributed by atoms with Crippen LogP contribution in [-0.2, 0) is 24.0 Å². The molecule has 0 aromatic rings. The van der Waals surface area contributed by atoms with E-state index in [1.165, 1.54) is 0 Å². The summed E-state index contributed by atoms with van der Waals surface area (Å²) in [6, 6.07) is 0. The Kier molecular flexibility index (Phi) is 24.3. The molecule has 34 valence electrons. The van der Waals surface area contributed by atoms with Crippen molar-refractivity contribution in [1.82, 2.24) is 0 Å². The van der Waals surface area contributed by atoms with Gasteiger partial charge in [0.05, 0.1) is 0 Å². The van der Waals surface area contributed by atoms with Gasteiger partial charge in [-0.1, -0.05) is 0 Å². The maximum Gasteiger partial charge on any atom is 0.692 e. The Labute approximate surface area is 48.2 Å². The first-order valence-corrected chi connectivity index (χ1v) is 1.75. The van der Waals surface area contributed by atoms with Gasteiger partial charge in [-0.25, -0.2) is 0 Å². The molecule has 0 fully saturated rings. The van der Waals surface area contributed by atoms with Crippen molar-refractivity contribution in [3.05, 3.63) is 0 Å². The zero-order chi connectivity index (χ0) is 3.58. The van der Waals surface area contributed by atoms with Gasteiger partial charge in [-0.2, -0.15) is 0 Å². The van der Waals surface area contributed by atoms with Crippen LogP contribution in [0, 0.1) is 0 Å². The topological polar surface area (TPSA) is 89.0 Å². The van der Waals surface area contributed by atoms with Crippen molar-refractivity contribution < 1.29 is 39.3 Å². The van der Waals surface area contributed by atoms with Crippen molar-refractivity contribution in [2.24, 2.45) is 0 Å². The minimum absolute atomic E-state index is 0. The van der Waals surface area contributed by atoms with E-state index in [1.807, 2.05) is 0 Å². The van der Waals surface area contributed by atoms with Gasteiger partial charge in [-0.3, -0.25) is 0 Å². The molecule has 4 nitrogen and oxygen atoms in total. The summed E-state index contributed by atoms with van der Waals surface area (Å²) in [6.45, 7) is 0. The molecule has 0 aliphatic carbocycles. The summed E-state index contributed by atoms with van der Waals surface area (Å²) in [4.78, 5) is 14.2. The molecule has 4 N–H and O–H groups in total. The second-order valence-electron chi connectivity index (χ2n) is 0.253. The molecule has 0 amide bonds. The van der Waals surface area contributed by atoms with E-state index < -0.39 is 8.25 Å². The maximum absolute atomic E-state index is 8.70. The van der Waals surface area contributed by atoms with Crippen LogP contribution >= 0.6 is 8.25 Å². The minimum atomic E-state index is -2.87. The fourth-order valence-corrected chi connectivity index (χ4v) is 0. The monoisotopic (exact) mass is 163 g/mol. The Morgan fingerprint density at radius 1 is 1.33 bits per heavy atom. The molecule has 0 aromatic carbocycles. The molecule has 0 saturated heterocycles. The number of rotatable bonds is 0. The predicted octanol–water partition coefficient (Wildman–Crippen LogP) is -1.20. The summed E-state index contributed by atoms with van der Waals surface area (Å²) in [5.41, 5.74) is 0. The third-order valence-electron chi connectivity index (χ3n) is 0. The summed E-state index contributed by atoms with van der Waals surface area (Å²) in [6.07, 6.45) is 0. The zero-order valence-electron chi connectivity index (χ0n) is 2.96. The van der Waals surface area contributed by atoms with Crippen LogP contribution in [0.5, 0.6) is 0 Å². The van der Waals surface area contributed by atoms with Crippen molar-refractivity contribution in [3.8, 4) is 0 Å². The molecular formula is H4O4PZn+. The van der Waals surface area contributed by atoms with Gasteiger partial charge in [0.1, 0.15) is 0 Å². The van der Waals surface area contributed by atoms with Crippen molar-refractivity contribution in [1.29, 1.82) is 0 Å². The van der Waals surface area contributed by atoms with Crippen LogP contribution in [0.2, 0.25) is 0 Å².